The minimum Gasteiger partial charge on any atom is -0.237 e. The number of rotatable bonds is 2. The van der Waals surface area contributed by atoms with E-state index in [1.807, 2.05) is 35.1 Å². The third-order valence-corrected chi connectivity index (χ3v) is 2.83. The van der Waals surface area contributed by atoms with Gasteiger partial charge in [-0.25, -0.2) is 4.68 Å². The van der Waals surface area contributed by atoms with Crippen LogP contribution in [0.3, 0.4) is 0 Å². The lowest BCUT2D eigenvalue weighted by molar-refractivity contribution is 0.811. The highest BCUT2D eigenvalue weighted by atomic mass is 79.9. The molecular formula is C11H11BrN2. The standard InChI is InChI=1S/C11H11BrN2/c1-2-9-7-8-13-14(9)11-6-4-3-5-10(11)12/h3-8H,2H2,1H3. The molecule has 0 N–H and O–H groups in total. The zero-order chi connectivity index (χ0) is 9.97. The largest absolute Gasteiger partial charge is 0.237 e. The van der Waals surface area contributed by atoms with Crippen LogP contribution in [0.4, 0.5) is 0 Å². The van der Waals surface area contributed by atoms with E-state index in [0.717, 1.165) is 16.6 Å². The third-order valence-electron chi connectivity index (χ3n) is 2.16. The molecule has 0 fully saturated rings. The minimum atomic E-state index is 0.987. The number of halogens is 1. The first-order chi connectivity index (χ1) is 6.83. The maximum absolute atomic E-state index is 4.30. The summed E-state index contributed by atoms with van der Waals surface area (Å²) in [5, 5.41) is 4.30. The number of para-hydroxylation sites is 1. The van der Waals surface area contributed by atoms with Crippen LogP contribution in [-0.2, 0) is 6.42 Å². The predicted molar refractivity (Wildman–Crippen MR) is 60.6 cm³/mol. The molecule has 0 bridgehead atoms. The molecule has 72 valence electrons. The maximum atomic E-state index is 4.30. The van der Waals surface area contributed by atoms with Crippen molar-refractivity contribution < 1.29 is 0 Å². The quantitative estimate of drug-likeness (QED) is 0.801. The molecule has 1 aromatic heterocycles. The van der Waals surface area contributed by atoms with Gasteiger partial charge in [0.15, 0.2) is 0 Å². The van der Waals surface area contributed by atoms with Gasteiger partial charge in [0, 0.05) is 16.4 Å². The SMILES string of the molecule is CCc1ccnn1-c1ccccc1Br. The Bertz CT molecular complexity index is 434. The highest BCUT2D eigenvalue weighted by molar-refractivity contribution is 9.10. The Labute approximate surface area is 91.7 Å². The fraction of sp³-hybridized carbons (Fsp3) is 0.182. The second kappa shape index (κ2) is 3.96. The predicted octanol–water partition coefficient (Wildman–Crippen LogP) is 3.20. The first kappa shape index (κ1) is 9.46. The molecule has 0 spiro atoms. The van der Waals surface area contributed by atoms with Gasteiger partial charge in [0.25, 0.3) is 0 Å². The molecule has 1 aromatic carbocycles. The van der Waals surface area contributed by atoms with Crippen LogP contribution in [0, 0.1) is 0 Å². The Kier molecular flexibility index (Phi) is 2.68. The second-order valence-electron chi connectivity index (χ2n) is 3.04. The topological polar surface area (TPSA) is 17.8 Å². The molecule has 0 unspecified atom stereocenters. The molecule has 0 radical (unpaired) electrons. The van der Waals surface area contributed by atoms with Crippen LogP contribution in [-0.4, -0.2) is 9.78 Å². The molecule has 0 aliphatic carbocycles. The smallest absolute Gasteiger partial charge is 0.0790 e. The summed E-state index contributed by atoms with van der Waals surface area (Å²) < 4.78 is 3.03. The molecule has 0 saturated carbocycles. The fourth-order valence-corrected chi connectivity index (χ4v) is 1.89. The normalized spacial score (nSPS) is 10.4. The molecule has 0 aliphatic rings. The molecule has 0 amide bonds. The number of nitrogens with zero attached hydrogens (tertiary/aromatic N) is 2. The highest BCUT2D eigenvalue weighted by Crippen LogP contribution is 2.21. The zero-order valence-electron chi connectivity index (χ0n) is 7.94. The van der Waals surface area contributed by atoms with Gasteiger partial charge in [-0.1, -0.05) is 19.1 Å². The number of benzene rings is 1. The van der Waals surface area contributed by atoms with Crippen LogP contribution in [0.1, 0.15) is 12.6 Å². The molecule has 1 heterocycles. The average molecular weight is 251 g/mol. The van der Waals surface area contributed by atoms with Crippen molar-refractivity contribution in [2.24, 2.45) is 0 Å². The second-order valence-corrected chi connectivity index (χ2v) is 3.89. The van der Waals surface area contributed by atoms with Crippen molar-refractivity contribution in [1.29, 1.82) is 0 Å². The van der Waals surface area contributed by atoms with Crippen molar-refractivity contribution in [2.45, 2.75) is 13.3 Å². The Morgan fingerprint density at radius 2 is 2.07 bits per heavy atom. The molecular weight excluding hydrogens is 240 g/mol. The summed E-state index contributed by atoms with van der Waals surface area (Å²) in [7, 11) is 0. The number of aryl methyl sites for hydroxylation is 1. The third kappa shape index (κ3) is 1.60. The average Bonchev–Trinajstić information content (AvgIpc) is 2.66. The van der Waals surface area contributed by atoms with Crippen molar-refractivity contribution in [3.8, 4) is 5.69 Å². The monoisotopic (exact) mass is 250 g/mol. The lowest BCUT2D eigenvalue weighted by atomic mass is 10.3. The molecule has 2 aromatic rings. The molecule has 14 heavy (non-hydrogen) atoms. The summed E-state index contributed by atoms with van der Waals surface area (Å²) in [5.74, 6) is 0. The van der Waals surface area contributed by atoms with Gasteiger partial charge in [0.2, 0.25) is 0 Å². The molecule has 2 nitrogen and oxygen atoms in total. The van der Waals surface area contributed by atoms with Gasteiger partial charge in [-0.3, -0.25) is 0 Å². The van der Waals surface area contributed by atoms with Gasteiger partial charge in [-0.15, -0.1) is 0 Å². The Morgan fingerprint density at radius 1 is 1.29 bits per heavy atom. The summed E-state index contributed by atoms with van der Waals surface area (Å²) in [6.07, 6.45) is 2.82. The van der Waals surface area contributed by atoms with E-state index in [4.69, 9.17) is 0 Å². The lowest BCUT2D eigenvalue weighted by Gasteiger charge is -2.07. The van der Waals surface area contributed by atoms with Crippen molar-refractivity contribution in [1.82, 2.24) is 9.78 Å². The van der Waals surface area contributed by atoms with E-state index in [9.17, 15) is 0 Å². The van der Waals surface area contributed by atoms with Gasteiger partial charge in [-0.2, -0.15) is 5.10 Å². The first-order valence-electron chi connectivity index (χ1n) is 4.60. The van der Waals surface area contributed by atoms with Crippen LogP contribution in [0.15, 0.2) is 41.0 Å². The number of hydrogen-bond acceptors (Lipinski definition) is 1. The summed E-state index contributed by atoms with van der Waals surface area (Å²) in [6, 6.07) is 10.1. The fourth-order valence-electron chi connectivity index (χ4n) is 1.44. The molecule has 0 saturated heterocycles. The van der Waals surface area contributed by atoms with E-state index in [1.54, 1.807) is 0 Å². The van der Waals surface area contributed by atoms with Crippen molar-refractivity contribution in [3.05, 3.63) is 46.7 Å². The van der Waals surface area contributed by atoms with Crippen LogP contribution in [0.25, 0.3) is 5.69 Å². The summed E-state index contributed by atoms with van der Waals surface area (Å²) >= 11 is 3.52. The van der Waals surface area contributed by atoms with Gasteiger partial charge < -0.3 is 0 Å². The van der Waals surface area contributed by atoms with E-state index >= 15 is 0 Å². The maximum Gasteiger partial charge on any atom is 0.0790 e. The van der Waals surface area contributed by atoms with Crippen molar-refractivity contribution in [3.63, 3.8) is 0 Å². The number of aromatic nitrogens is 2. The Balaban J connectivity index is 2.54. The van der Waals surface area contributed by atoms with E-state index < -0.39 is 0 Å². The first-order valence-corrected chi connectivity index (χ1v) is 5.40. The lowest BCUT2D eigenvalue weighted by Crippen LogP contribution is -2.01. The molecule has 0 aliphatic heterocycles. The van der Waals surface area contributed by atoms with E-state index in [2.05, 4.69) is 34.0 Å². The summed E-state index contributed by atoms with van der Waals surface area (Å²) in [5.41, 5.74) is 2.31. The van der Waals surface area contributed by atoms with Crippen molar-refractivity contribution in [2.75, 3.05) is 0 Å². The number of hydrogen-bond donors (Lipinski definition) is 0. The van der Waals surface area contributed by atoms with Gasteiger partial charge in [0.1, 0.15) is 0 Å². The minimum absolute atomic E-state index is 0.987. The van der Waals surface area contributed by atoms with Crippen LogP contribution < -0.4 is 0 Å². The van der Waals surface area contributed by atoms with E-state index in [1.165, 1.54) is 5.69 Å². The molecule has 0 atom stereocenters. The van der Waals surface area contributed by atoms with Crippen molar-refractivity contribution >= 4 is 15.9 Å². The molecule has 2 rings (SSSR count). The summed E-state index contributed by atoms with van der Waals surface area (Å²) in [6.45, 7) is 2.13. The highest BCUT2D eigenvalue weighted by Gasteiger charge is 2.05. The summed E-state index contributed by atoms with van der Waals surface area (Å²) in [4.78, 5) is 0. The van der Waals surface area contributed by atoms with E-state index in [-0.39, 0.29) is 0 Å². The van der Waals surface area contributed by atoms with Gasteiger partial charge in [-0.05, 0) is 40.5 Å². The van der Waals surface area contributed by atoms with Gasteiger partial charge >= 0.3 is 0 Å². The molecule has 3 heteroatoms. The van der Waals surface area contributed by atoms with Crippen LogP contribution >= 0.6 is 15.9 Å². The Morgan fingerprint density at radius 3 is 2.79 bits per heavy atom. The van der Waals surface area contributed by atoms with Crippen LogP contribution in [0.5, 0.6) is 0 Å². The van der Waals surface area contributed by atoms with Crippen LogP contribution in [0.2, 0.25) is 0 Å². The zero-order valence-corrected chi connectivity index (χ0v) is 9.53. The van der Waals surface area contributed by atoms with Gasteiger partial charge in [0.05, 0.1) is 5.69 Å². The Hall–Kier alpha value is -1.09. The van der Waals surface area contributed by atoms with E-state index in [0.29, 0.717) is 0 Å².